The fourth-order valence-electron chi connectivity index (χ4n) is 2.71. The van der Waals surface area contributed by atoms with Crippen LogP contribution in [-0.2, 0) is 4.74 Å². The Bertz CT molecular complexity index is 430. The third-order valence-corrected chi connectivity index (χ3v) is 3.46. The predicted molar refractivity (Wildman–Crippen MR) is 80.9 cm³/mol. The molecule has 21 heavy (non-hydrogen) atoms. The minimum atomic E-state index is -0.535. The summed E-state index contributed by atoms with van der Waals surface area (Å²) >= 11 is 0. The maximum Gasteiger partial charge on any atom is 0.161 e. The molecule has 1 aliphatic heterocycles. The van der Waals surface area contributed by atoms with Gasteiger partial charge in [0.2, 0.25) is 0 Å². The number of β-amino-alcohol motifs (C(OH)–C–C–N with tert-alkyl or cyclic N) is 1. The van der Waals surface area contributed by atoms with Gasteiger partial charge in [-0.3, -0.25) is 4.90 Å². The van der Waals surface area contributed by atoms with Crippen molar-refractivity contribution in [3.63, 3.8) is 0 Å². The van der Waals surface area contributed by atoms with Crippen LogP contribution in [0.2, 0.25) is 0 Å². The van der Waals surface area contributed by atoms with Crippen molar-refractivity contribution < 1.29 is 19.3 Å². The first-order valence-corrected chi connectivity index (χ1v) is 7.40. The first-order valence-electron chi connectivity index (χ1n) is 7.40. The van der Waals surface area contributed by atoms with E-state index < -0.39 is 6.10 Å². The molecule has 0 aromatic heterocycles. The summed E-state index contributed by atoms with van der Waals surface area (Å²) < 4.78 is 16.6. The van der Waals surface area contributed by atoms with E-state index in [-0.39, 0.29) is 18.8 Å². The van der Waals surface area contributed by atoms with Gasteiger partial charge in [-0.15, -0.1) is 0 Å². The maximum atomic E-state index is 10.2. The number of ether oxygens (including phenoxy) is 3. The highest BCUT2D eigenvalue weighted by Crippen LogP contribution is 2.25. The van der Waals surface area contributed by atoms with E-state index in [9.17, 15) is 5.11 Å². The number of morpholine rings is 1. The summed E-state index contributed by atoms with van der Waals surface area (Å²) in [6.07, 6.45) is -0.125. The van der Waals surface area contributed by atoms with E-state index >= 15 is 0 Å². The zero-order valence-electron chi connectivity index (χ0n) is 13.0. The largest absolute Gasteiger partial charge is 0.493 e. The molecule has 5 nitrogen and oxygen atoms in total. The topological polar surface area (TPSA) is 51.2 Å². The number of benzene rings is 1. The molecule has 118 valence electrons. The quantitative estimate of drug-likeness (QED) is 0.863. The lowest BCUT2D eigenvalue weighted by molar-refractivity contribution is -0.0787. The van der Waals surface area contributed by atoms with Crippen LogP contribution in [0.5, 0.6) is 11.5 Å². The van der Waals surface area contributed by atoms with Gasteiger partial charge in [0.25, 0.3) is 0 Å². The third kappa shape index (κ3) is 4.88. The monoisotopic (exact) mass is 295 g/mol. The zero-order chi connectivity index (χ0) is 15.2. The van der Waals surface area contributed by atoms with E-state index in [2.05, 4.69) is 18.7 Å². The highest BCUT2D eigenvalue weighted by atomic mass is 16.5. The Morgan fingerprint density at radius 1 is 1.24 bits per heavy atom. The van der Waals surface area contributed by atoms with Crippen LogP contribution in [0.4, 0.5) is 0 Å². The van der Waals surface area contributed by atoms with Crippen molar-refractivity contribution >= 4 is 0 Å². The van der Waals surface area contributed by atoms with Crippen molar-refractivity contribution in [3.8, 4) is 11.5 Å². The van der Waals surface area contributed by atoms with Gasteiger partial charge in [0, 0.05) is 19.6 Å². The smallest absolute Gasteiger partial charge is 0.161 e. The molecule has 1 fully saturated rings. The summed E-state index contributed by atoms with van der Waals surface area (Å²) in [5.74, 6) is 1.33. The number of methoxy groups -OCH3 is 1. The Balaban J connectivity index is 1.80. The van der Waals surface area contributed by atoms with E-state index in [1.807, 2.05) is 24.3 Å². The van der Waals surface area contributed by atoms with Crippen molar-refractivity contribution in [1.29, 1.82) is 0 Å². The second-order valence-corrected chi connectivity index (χ2v) is 5.59. The third-order valence-electron chi connectivity index (χ3n) is 3.46. The van der Waals surface area contributed by atoms with Crippen LogP contribution in [0, 0.1) is 0 Å². The second-order valence-electron chi connectivity index (χ2n) is 5.59. The molecule has 1 saturated heterocycles. The lowest BCUT2D eigenvalue weighted by Gasteiger charge is -2.36. The molecule has 3 atom stereocenters. The SMILES string of the molecule is COc1ccccc1OC[C@@H](O)CN1C[C@@H](C)O[C@@H](C)C1. The molecule has 0 amide bonds. The average Bonchev–Trinajstić information content (AvgIpc) is 2.44. The number of para-hydroxylation sites is 2. The molecule has 2 rings (SSSR count). The molecular formula is C16H25NO4. The fourth-order valence-corrected chi connectivity index (χ4v) is 2.71. The van der Waals surface area contributed by atoms with Crippen molar-refractivity contribution in [3.05, 3.63) is 24.3 Å². The lowest BCUT2D eigenvalue weighted by Crippen LogP contribution is -2.48. The molecule has 1 N–H and O–H groups in total. The van der Waals surface area contributed by atoms with Crippen molar-refractivity contribution in [1.82, 2.24) is 4.90 Å². The Labute approximate surface area is 126 Å². The van der Waals surface area contributed by atoms with Gasteiger partial charge in [0.15, 0.2) is 11.5 Å². The van der Waals surface area contributed by atoms with Gasteiger partial charge in [-0.25, -0.2) is 0 Å². The van der Waals surface area contributed by atoms with E-state index in [0.29, 0.717) is 18.0 Å². The van der Waals surface area contributed by atoms with Gasteiger partial charge < -0.3 is 19.3 Å². The predicted octanol–water partition coefficient (Wildman–Crippen LogP) is 1.54. The summed E-state index contributed by atoms with van der Waals surface area (Å²) in [7, 11) is 1.61. The Kier molecular flexibility index (Phi) is 5.85. The first-order chi connectivity index (χ1) is 10.1. The molecule has 0 spiro atoms. The number of aliphatic hydroxyl groups is 1. The summed E-state index contributed by atoms with van der Waals surface area (Å²) in [4.78, 5) is 2.22. The molecule has 0 bridgehead atoms. The molecule has 0 radical (unpaired) electrons. The summed E-state index contributed by atoms with van der Waals surface area (Å²) in [5, 5.41) is 10.2. The first kappa shape index (κ1) is 16.1. The van der Waals surface area contributed by atoms with E-state index in [1.54, 1.807) is 7.11 Å². The molecule has 1 aromatic rings. The van der Waals surface area contributed by atoms with E-state index in [1.165, 1.54) is 0 Å². The molecule has 0 saturated carbocycles. The van der Waals surface area contributed by atoms with Crippen molar-refractivity contribution in [2.45, 2.75) is 32.2 Å². The highest BCUT2D eigenvalue weighted by Gasteiger charge is 2.24. The fraction of sp³-hybridized carbons (Fsp3) is 0.625. The standard InChI is InChI=1S/C16H25NO4/c1-12-8-17(9-13(2)21-12)10-14(18)11-20-16-7-5-4-6-15(16)19-3/h4-7,12-14,18H,8-11H2,1-3H3/t12-,13+,14-/m0/s1. The van der Waals surface area contributed by atoms with Gasteiger partial charge in [-0.05, 0) is 26.0 Å². The molecule has 5 heteroatoms. The van der Waals surface area contributed by atoms with Crippen LogP contribution in [0.1, 0.15) is 13.8 Å². The molecule has 1 aliphatic rings. The maximum absolute atomic E-state index is 10.2. The van der Waals surface area contributed by atoms with Crippen LogP contribution in [0.3, 0.4) is 0 Å². The van der Waals surface area contributed by atoms with Crippen molar-refractivity contribution in [2.24, 2.45) is 0 Å². The van der Waals surface area contributed by atoms with Crippen LogP contribution in [0.15, 0.2) is 24.3 Å². The Hall–Kier alpha value is -1.30. The zero-order valence-corrected chi connectivity index (χ0v) is 13.0. The molecule has 0 unspecified atom stereocenters. The minimum absolute atomic E-state index is 0.205. The second kappa shape index (κ2) is 7.64. The number of hydrogen-bond acceptors (Lipinski definition) is 5. The van der Waals surface area contributed by atoms with Gasteiger partial charge in [-0.2, -0.15) is 0 Å². The Morgan fingerprint density at radius 2 is 1.86 bits per heavy atom. The summed E-state index contributed by atoms with van der Waals surface area (Å²) in [6.45, 7) is 6.64. The van der Waals surface area contributed by atoms with E-state index in [0.717, 1.165) is 13.1 Å². The summed E-state index contributed by atoms with van der Waals surface area (Å²) in [5.41, 5.74) is 0. The van der Waals surface area contributed by atoms with Gasteiger partial charge in [-0.1, -0.05) is 12.1 Å². The molecule has 1 aromatic carbocycles. The van der Waals surface area contributed by atoms with Crippen molar-refractivity contribution in [2.75, 3.05) is 33.4 Å². The average molecular weight is 295 g/mol. The number of rotatable bonds is 6. The Morgan fingerprint density at radius 3 is 2.48 bits per heavy atom. The van der Waals surface area contributed by atoms with Crippen LogP contribution < -0.4 is 9.47 Å². The number of hydrogen-bond donors (Lipinski definition) is 1. The molecular weight excluding hydrogens is 270 g/mol. The summed E-state index contributed by atoms with van der Waals surface area (Å²) in [6, 6.07) is 7.45. The van der Waals surface area contributed by atoms with Gasteiger partial charge in [0.05, 0.1) is 19.3 Å². The molecule has 0 aliphatic carbocycles. The lowest BCUT2D eigenvalue weighted by atomic mass is 10.2. The van der Waals surface area contributed by atoms with Crippen LogP contribution in [-0.4, -0.2) is 61.7 Å². The molecule has 1 heterocycles. The van der Waals surface area contributed by atoms with E-state index in [4.69, 9.17) is 14.2 Å². The normalized spacial score (nSPS) is 24.6. The van der Waals surface area contributed by atoms with Gasteiger partial charge >= 0.3 is 0 Å². The minimum Gasteiger partial charge on any atom is -0.493 e. The number of nitrogens with zero attached hydrogens (tertiary/aromatic N) is 1. The highest BCUT2D eigenvalue weighted by molar-refractivity contribution is 5.39. The van der Waals surface area contributed by atoms with Gasteiger partial charge in [0.1, 0.15) is 12.7 Å². The van der Waals surface area contributed by atoms with Crippen LogP contribution in [0.25, 0.3) is 0 Å². The van der Waals surface area contributed by atoms with Crippen LogP contribution >= 0.6 is 0 Å². The number of aliphatic hydroxyl groups excluding tert-OH is 1.